The zero-order chi connectivity index (χ0) is 25.7. The number of amides is 1. The van der Waals surface area contributed by atoms with E-state index in [1.54, 1.807) is 23.6 Å². The molecule has 11 heteroatoms. The molecule has 190 valence electrons. The normalized spacial score (nSPS) is 15.5. The van der Waals surface area contributed by atoms with Gasteiger partial charge >= 0.3 is 5.97 Å². The molecule has 2 aromatic heterocycles. The minimum Gasteiger partial charge on any atom is -0.484 e. The number of nitrogens with one attached hydrogen (secondary N) is 1. The number of thiazole rings is 1. The Hall–Kier alpha value is -2.89. The Kier molecular flexibility index (Phi) is 8.65. The Labute approximate surface area is 222 Å². The van der Waals surface area contributed by atoms with Crippen molar-refractivity contribution in [2.24, 2.45) is 11.7 Å². The monoisotopic (exact) mass is 544 g/mol. The molecule has 0 spiro atoms. The summed E-state index contributed by atoms with van der Waals surface area (Å²) in [7, 11) is 0. The minimum atomic E-state index is -0.272. The molecule has 1 amide bonds. The Morgan fingerprint density at radius 3 is 2.92 bits per heavy atom. The number of thioether (sulfide) groups is 1. The van der Waals surface area contributed by atoms with Gasteiger partial charge in [0, 0.05) is 29.6 Å². The van der Waals surface area contributed by atoms with E-state index >= 15 is 0 Å². The van der Waals surface area contributed by atoms with Crippen LogP contribution in [0.4, 0.5) is 0 Å². The number of hydrogen-bond acceptors (Lipinski definition) is 9. The van der Waals surface area contributed by atoms with Crippen molar-refractivity contribution in [2.45, 2.75) is 24.0 Å². The summed E-state index contributed by atoms with van der Waals surface area (Å²) in [4.78, 5) is 32.0. The van der Waals surface area contributed by atoms with Crippen LogP contribution < -0.4 is 10.5 Å². The van der Waals surface area contributed by atoms with Gasteiger partial charge in [-0.15, -0.1) is 34.4 Å². The molecule has 1 aliphatic heterocycles. The highest BCUT2D eigenvalue weighted by Gasteiger charge is 2.29. The van der Waals surface area contributed by atoms with E-state index in [9.17, 15) is 9.59 Å². The quantitative estimate of drug-likeness (QED) is 0.173. The van der Waals surface area contributed by atoms with Gasteiger partial charge in [-0.1, -0.05) is 12.1 Å². The lowest BCUT2D eigenvalue weighted by atomic mass is 9.98. The lowest BCUT2D eigenvalue weighted by Gasteiger charge is -2.31. The van der Waals surface area contributed by atoms with Crippen molar-refractivity contribution in [1.82, 2.24) is 9.88 Å². The van der Waals surface area contributed by atoms with Gasteiger partial charge in [0.15, 0.2) is 6.61 Å². The van der Waals surface area contributed by atoms with E-state index in [4.69, 9.17) is 25.6 Å². The molecule has 3 N–H and O–H groups in total. The van der Waals surface area contributed by atoms with Crippen LogP contribution >= 0.6 is 34.4 Å². The Balaban J connectivity index is 1.41. The fourth-order valence-corrected chi connectivity index (χ4v) is 6.69. The average Bonchev–Trinajstić information content (AvgIpc) is 3.55. The van der Waals surface area contributed by atoms with Gasteiger partial charge in [-0.25, -0.2) is 4.98 Å². The zero-order valence-corrected chi connectivity index (χ0v) is 22.6. The molecule has 0 radical (unpaired) electrons. The summed E-state index contributed by atoms with van der Waals surface area (Å²) in [5, 5.41) is 10.6. The number of esters is 1. The van der Waals surface area contributed by atoms with Crippen LogP contribution in [0.2, 0.25) is 0 Å². The van der Waals surface area contributed by atoms with Crippen molar-refractivity contribution >= 4 is 52.1 Å². The first-order valence-corrected chi connectivity index (χ1v) is 14.5. The van der Waals surface area contributed by atoms with Gasteiger partial charge in [0.25, 0.3) is 5.91 Å². The van der Waals surface area contributed by atoms with E-state index in [2.05, 4.69) is 0 Å². The third-order valence-electron chi connectivity index (χ3n) is 5.77. The average molecular weight is 545 g/mol. The summed E-state index contributed by atoms with van der Waals surface area (Å²) in [5.41, 5.74) is 8.35. The number of likely N-dealkylation sites (tertiary alicyclic amines) is 1. The standard InChI is InChI=1S/C25H28N4O4S3/c1-3-32-24(31)16-7-5-9-29(12-16)21(30)13-33-17-8-4-6-15(10-17)19-14-35-23(28-19)18-11-20(22(26)27)36-25(18)34-2/h4,6,8,10-11,14,16H,3,5,7,9,12-13H2,1-2H3,(H3,26,27). The molecule has 0 aliphatic carbocycles. The number of carbonyl (C=O) groups excluding carboxylic acids is 2. The second kappa shape index (κ2) is 11.9. The highest BCUT2D eigenvalue weighted by molar-refractivity contribution is 8.00. The topological polar surface area (TPSA) is 119 Å². The van der Waals surface area contributed by atoms with E-state index < -0.39 is 0 Å². The highest BCUT2D eigenvalue weighted by atomic mass is 32.2. The van der Waals surface area contributed by atoms with Crippen molar-refractivity contribution in [3.05, 3.63) is 40.6 Å². The Bertz CT molecular complexity index is 1260. The maximum Gasteiger partial charge on any atom is 0.310 e. The maximum absolute atomic E-state index is 12.7. The van der Waals surface area contributed by atoms with Gasteiger partial charge in [-0.3, -0.25) is 15.0 Å². The number of aromatic nitrogens is 1. The first kappa shape index (κ1) is 26.2. The second-order valence-electron chi connectivity index (χ2n) is 8.21. The van der Waals surface area contributed by atoms with Gasteiger partial charge in [0.1, 0.15) is 16.6 Å². The summed E-state index contributed by atoms with van der Waals surface area (Å²) >= 11 is 4.64. The fourth-order valence-electron chi connectivity index (χ4n) is 3.98. The number of rotatable bonds is 9. The molecule has 1 saturated heterocycles. The number of ether oxygens (including phenoxy) is 2. The SMILES string of the molecule is CCOC(=O)C1CCCN(C(=O)COc2cccc(-c3csc(-c4cc(C(=N)N)sc4SC)n3)c2)C1. The fraction of sp³-hybridized carbons (Fsp3) is 0.360. The molecule has 1 atom stereocenters. The van der Waals surface area contributed by atoms with Crippen molar-refractivity contribution in [1.29, 1.82) is 5.41 Å². The zero-order valence-electron chi connectivity index (χ0n) is 20.1. The first-order valence-electron chi connectivity index (χ1n) is 11.5. The molecular formula is C25H28N4O4S3. The van der Waals surface area contributed by atoms with Gasteiger partial charge in [0.2, 0.25) is 0 Å². The van der Waals surface area contributed by atoms with Crippen LogP contribution in [0.25, 0.3) is 21.8 Å². The highest BCUT2D eigenvalue weighted by Crippen LogP contribution is 2.40. The number of benzene rings is 1. The molecule has 1 aromatic carbocycles. The summed E-state index contributed by atoms with van der Waals surface area (Å²) < 4.78 is 12.0. The van der Waals surface area contributed by atoms with E-state index in [0.29, 0.717) is 25.4 Å². The number of carbonyl (C=O) groups is 2. The molecule has 0 saturated carbocycles. The van der Waals surface area contributed by atoms with Crippen LogP contribution in [0.15, 0.2) is 39.9 Å². The van der Waals surface area contributed by atoms with Gasteiger partial charge < -0.3 is 20.1 Å². The molecule has 8 nitrogen and oxygen atoms in total. The van der Waals surface area contributed by atoms with Gasteiger partial charge in [-0.2, -0.15) is 0 Å². The Morgan fingerprint density at radius 1 is 1.33 bits per heavy atom. The predicted molar refractivity (Wildman–Crippen MR) is 145 cm³/mol. The van der Waals surface area contributed by atoms with E-state index in [1.807, 2.05) is 42.0 Å². The lowest BCUT2D eigenvalue weighted by molar-refractivity contribution is -0.151. The number of thiophene rings is 1. The molecule has 1 unspecified atom stereocenters. The number of nitrogens with zero attached hydrogens (tertiary/aromatic N) is 2. The predicted octanol–water partition coefficient (Wildman–Crippen LogP) is 4.73. The summed E-state index contributed by atoms with van der Waals surface area (Å²) in [5.74, 6) is -0.0250. The molecule has 1 aliphatic rings. The van der Waals surface area contributed by atoms with Crippen LogP contribution in [0.5, 0.6) is 5.75 Å². The van der Waals surface area contributed by atoms with Crippen LogP contribution in [-0.4, -0.2) is 60.2 Å². The first-order chi connectivity index (χ1) is 17.4. The van der Waals surface area contributed by atoms with Crippen molar-refractivity contribution < 1.29 is 19.1 Å². The van der Waals surface area contributed by atoms with Crippen LogP contribution in [0.3, 0.4) is 0 Å². The van der Waals surface area contributed by atoms with Gasteiger partial charge in [-0.05, 0) is 44.2 Å². The van der Waals surface area contributed by atoms with E-state index in [0.717, 1.165) is 43.8 Å². The smallest absolute Gasteiger partial charge is 0.310 e. The summed E-state index contributed by atoms with van der Waals surface area (Å²) in [6.45, 7) is 3.02. The molecule has 3 heterocycles. The van der Waals surface area contributed by atoms with Crippen LogP contribution in [0.1, 0.15) is 24.6 Å². The minimum absolute atomic E-state index is 0.0543. The summed E-state index contributed by atoms with van der Waals surface area (Å²) in [6.07, 6.45) is 3.50. The molecular weight excluding hydrogens is 517 g/mol. The van der Waals surface area contributed by atoms with Crippen molar-refractivity contribution in [2.75, 3.05) is 32.6 Å². The van der Waals surface area contributed by atoms with E-state index in [1.165, 1.54) is 22.7 Å². The molecule has 1 fully saturated rings. The number of amidine groups is 1. The number of piperidine rings is 1. The number of nitrogens with two attached hydrogens (primary N) is 1. The third kappa shape index (κ3) is 6.08. The maximum atomic E-state index is 12.7. The number of nitrogen functional groups attached to an aromatic ring is 1. The molecule has 36 heavy (non-hydrogen) atoms. The van der Waals surface area contributed by atoms with Crippen LogP contribution in [-0.2, 0) is 14.3 Å². The van der Waals surface area contributed by atoms with Crippen molar-refractivity contribution in [3.63, 3.8) is 0 Å². The van der Waals surface area contributed by atoms with Crippen LogP contribution in [0, 0.1) is 11.3 Å². The van der Waals surface area contributed by atoms with Gasteiger partial charge in [0.05, 0.1) is 27.3 Å². The second-order valence-corrected chi connectivity index (χ2v) is 11.2. The lowest BCUT2D eigenvalue weighted by Crippen LogP contribution is -2.44. The molecule has 0 bridgehead atoms. The summed E-state index contributed by atoms with van der Waals surface area (Å²) in [6, 6.07) is 9.42. The molecule has 3 aromatic rings. The number of hydrogen-bond donors (Lipinski definition) is 2. The Morgan fingerprint density at radius 2 is 2.17 bits per heavy atom. The van der Waals surface area contributed by atoms with E-state index in [-0.39, 0.29) is 30.2 Å². The largest absolute Gasteiger partial charge is 0.484 e. The molecule has 4 rings (SSSR count). The third-order valence-corrected chi connectivity index (χ3v) is 8.95. The van der Waals surface area contributed by atoms with Crippen molar-refractivity contribution in [3.8, 4) is 27.6 Å².